The highest BCUT2D eigenvalue weighted by Crippen LogP contribution is 2.42. The largest absolute Gasteiger partial charge is 0.468 e. The molecule has 1 unspecified atom stereocenters. The van der Waals surface area contributed by atoms with Gasteiger partial charge in [-0.05, 0) is 79.3 Å². The number of rotatable bonds is 11. The molecule has 1 N–H and O–H groups in total. The Morgan fingerprint density at radius 1 is 1.05 bits per heavy atom. The minimum Gasteiger partial charge on any atom is -0.468 e. The first-order chi connectivity index (χ1) is 27.5. The molecular formula is C42H45F3N6O6. The van der Waals surface area contributed by atoms with Crippen molar-refractivity contribution in [3.8, 4) is 23.0 Å². The summed E-state index contributed by atoms with van der Waals surface area (Å²) in [6, 6.07) is 15.3. The Balaban J connectivity index is 1.27. The molecule has 5 heterocycles. The zero-order valence-electron chi connectivity index (χ0n) is 32.1. The van der Waals surface area contributed by atoms with Crippen LogP contribution in [0.2, 0.25) is 0 Å². The highest BCUT2D eigenvalue weighted by molar-refractivity contribution is 6.02. The van der Waals surface area contributed by atoms with Crippen molar-refractivity contribution in [2.45, 2.75) is 69.9 Å². The molecule has 12 nitrogen and oxygen atoms in total. The predicted octanol–water partition coefficient (Wildman–Crippen LogP) is 7.14. The van der Waals surface area contributed by atoms with Crippen molar-refractivity contribution < 1.29 is 42.0 Å². The summed E-state index contributed by atoms with van der Waals surface area (Å²) in [7, 11) is 1.48. The van der Waals surface area contributed by atoms with E-state index in [1.807, 2.05) is 37.3 Å². The van der Waals surface area contributed by atoms with Crippen LogP contribution in [-0.2, 0) is 22.5 Å². The number of aryl methyl sites for hydroxylation is 1. The number of aliphatic hydroxyl groups is 1. The summed E-state index contributed by atoms with van der Waals surface area (Å²) in [6.45, 7) is 4.39. The number of hydrazine groups is 1. The maximum Gasteiger partial charge on any atom is 0.429 e. The third-order valence-corrected chi connectivity index (χ3v) is 11.3. The number of carbonyl (C=O) groups excluding carboxylic acids is 1. The number of halogens is 3. The molecule has 3 aliphatic heterocycles. The smallest absolute Gasteiger partial charge is 0.429 e. The van der Waals surface area contributed by atoms with Gasteiger partial charge in [0.05, 0.1) is 23.1 Å². The fraction of sp³-hybridized carbons (Fsp3) is 0.429. The van der Waals surface area contributed by atoms with Crippen molar-refractivity contribution in [2.75, 3.05) is 51.7 Å². The van der Waals surface area contributed by atoms with Crippen LogP contribution in [0.5, 0.6) is 11.8 Å². The van der Waals surface area contributed by atoms with E-state index in [2.05, 4.69) is 14.9 Å². The van der Waals surface area contributed by atoms with Crippen LogP contribution in [0, 0.1) is 11.6 Å². The molecule has 0 aliphatic carbocycles. The van der Waals surface area contributed by atoms with Crippen LogP contribution in [-0.4, -0.2) is 100 Å². The molecule has 3 atom stereocenters. The number of pyridine rings is 1. The van der Waals surface area contributed by atoms with E-state index in [1.165, 1.54) is 29.4 Å². The first-order valence-corrected chi connectivity index (χ1v) is 19.2. The van der Waals surface area contributed by atoms with E-state index >= 15 is 8.78 Å². The summed E-state index contributed by atoms with van der Waals surface area (Å²) in [5.74, 6) is -0.834. The SMILES string of the molecule is CCc1c(F)ccc2cc(OCOC)cc(-c3ncc4c(N5CCC(C)(O)CN5C(=O)OCc5ccccc5)nc(OC[C@@]56CCCN5C[C@H](F)C6)nc4c3F)c12. The minimum atomic E-state index is -1.28. The molecule has 2 aromatic heterocycles. The number of benzene rings is 3. The van der Waals surface area contributed by atoms with Gasteiger partial charge in [-0.25, -0.2) is 23.0 Å². The number of β-amino-alcohol motifs (C(OH)–C–C–N with tert-alkyl or cyclic N) is 1. The van der Waals surface area contributed by atoms with Gasteiger partial charge in [-0.2, -0.15) is 9.97 Å². The van der Waals surface area contributed by atoms with E-state index in [-0.39, 0.29) is 73.5 Å². The Hall–Kier alpha value is -5.25. The van der Waals surface area contributed by atoms with E-state index in [9.17, 15) is 14.3 Å². The molecule has 3 saturated heterocycles. The van der Waals surface area contributed by atoms with Gasteiger partial charge in [0.25, 0.3) is 0 Å². The van der Waals surface area contributed by atoms with Gasteiger partial charge in [0.2, 0.25) is 0 Å². The molecule has 0 spiro atoms. The molecule has 5 aromatic rings. The number of hydrogen-bond donors (Lipinski definition) is 1. The first kappa shape index (κ1) is 38.6. The molecular weight excluding hydrogens is 741 g/mol. The molecule has 3 aliphatic rings. The van der Waals surface area contributed by atoms with Gasteiger partial charge in [-0.15, -0.1) is 0 Å². The number of anilines is 1. The van der Waals surface area contributed by atoms with Crippen molar-refractivity contribution in [3.05, 3.63) is 83.6 Å². The van der Waals surface area contributed by atoms with Crippen molar-refractivity contribution >= 4 is 33.6 Å². The number of ether oxygens (including phenoxy) is 4. The van der Waals surface area contributed by atoms with Crippen LogP contribution in [0.3, 0.4) is 0 Å². The molecule has 0 saturated carbocycles. The van der Waals surface area contributed by atoms with Crippen molar-refractivity contribution in [3.63, 3.8) is 0 Å². The van der Waals surface area contributed by atoms with E-state index in [1.54, 1.807) is 25.1 Å². The Labute approximate surface area is 328 Å². The summed E-state index contributed by atoms with van der Waals surface area (Å²) < 4.78 is 70.4. The second-order valence-electron chi connectivity index (χ2n) is 15.3. The lowest BCUT2D eigenvalue weighted by molar-refractivity contribution is -0.0178. The second-order valence-corrected chi connectivity index (χ2v) is 15.3. The maximum atomic E-state index is 17.4. The number of hydrogen-bond acceptors (Lipinski definition) is 11. The van der Waals surface area contributed by atoms with Gasteiger partial charge in [0.1, 0.15) is 42.2 Å². The number of nitrogens with zero attached hydrogens (tertiary/aromatic N) is 6. The molecule has 3 aromatic carbocycles. The molecule has 1 amide bonds. The van der Waals surface area contributed by atoms with E-state index in [0.29, 0.717) is 41.5 Å². The lowest BCUT2D eigenvalue weighted by atomic mass is 9.94. The Kier molecular flexibility index (Phi) is 10.6. The van der Waals surface area contributed by atoms with Gasteiger partial charge in [-0.3, -0.25) is 14.9 Å². The van der Waals surface area contributed by atoms with Gasteiger partial charge < -0.3 is 24.1 Å². The summed E-state index contributed by atoms with van der Waals surface area (Å²) in [4.78, 5) is 29.9. The average molecular weight is 787 g/mol. The molecule has 57 heavy (non-hydrogen) atoms. The minimum absolute atomic E-state index is 0.0276. The standard InChI is InChI=1S/C42H45F3N6O6/c1-4-30-33(44)12-11-27-17-29(57-25-54-3)18-31(34(27)30)36-35(45)37-32(20-46-36)38(48-39(47-37)56-24-42-13-8-15-49(42)21-28(43)19-42)50-16-14-41(2,53)23-51(50)40(52)55-22-26-9-6-5-7-10-26/h5-7,9-12,17-18,20,28,53H,4,8,13-16,19,21-25H2,1-3H3/t28-,41?,42+/m1/s1. The first-order valence-electron chi connectivity index (χ1n) is 19.2. The van der Waals surface area contributed by atoms with Crippen LogP contribution < -0.4 is 14.5 Å². The average Bonchev–Trinajstić information content (AvgIpc) is 3.74. The van der Waals surface area contributed by atoms with Crippen LogP contribution in [0.4, 0.5) is 23.8 Å². The topological polar surface area (TPSA) is 123 Å². The lowest BCUT2D eigenvalue weighted by Crippen LogP contribution is -2.59. The molecule has 15 heteroatoms. The third-order valence-electron chi connectivity index (χ3n) is 11.3. The normalized spacial score (nSPS) is 22.3. The van der Waals surface area contributed by atoms with Crippen molar-refractivity contribution in [1.29, 1.82) is 0 Å². The van der Waals surface area contributed by atoms with Gasteiger partial charge >= 0.3 is 12.1 Å². The lowest BCUT2D eigenvalue weighted by Gasteiger charge is -2.44. The fourth-order valence-electron chi connectivity index (χ4n) is 8.48. The number of alkyl halides is 1. The number of carbonyl (C=O) groups is 1. The summed E-state index contributed by atoms with van der Waals surface area (Å²) >= 11 is 0. The van der Waals surface area contributed by atoms with Gasteiger partial charge in [0.15, 0.2) is 18.4 Å². The Bertz CT molecular complexity index is 2300. The quantitative estimate of drug-likeness (QED) is 0.138. The molecule has 3 fully saturated rings. The monoisotopic (exact) mass is 786 g/mol. The molecule has 8 rings (SSSR count). The maximum absolute atomic E-state index is 17.4. The highest BCUT2D eigenvalue weighted by Gasteiger charge is 2.49. The van der Waals surface area contributed by atoms with Crippen LogP contribution in [0.15, 0.2) is 60.8 Å². The van der Waals surface area contributed by atoms with E-state index in [0.717, 1.165) is 24.9 Å². The third kappa shape index (κ3) is 7.51. The molecule has 0 radical (unpaired) electrons. The van der Waals surface area contributed by atoms with Crippen molar-refractivity contribution in [1.82, 2.24) is 24.9 Å². The highest BCUT2D eigenvalue weighted by atomic mass is 19.1. The second kappa shape index (κ2) is 15.6. The zero-order valence-corrected chi connectivity index (χ0v) is 32.1. The number of fused-ring (bicyclic) bond motifs is 3. The summed E-state index contributed by atoms with van der Waals surface area (Å²) in [5, 5.41) is 15.2. The van der Waals surface area contributed by atoms with Crippen LogP contribution >= 0.6 is 0 Å². The predicted molar refractivity (Wildman–Crippen MR) is 207 cm³/mol. The van der Waals surface area contributed by atoms with E-state index < -0.39 is 35.0 Å². The summed E-state index contributed by atoms with van der Waals surface area (Å²) in [6.07, 6.45) is 2.11. The number of amides is 1. The van der Waals surface area contributed by atoms with Gasteiger partial charge in [0, 0.05) is 38.4 Å². The Morgan fingerprint density at radius 2 is 1.88 bits per heavy atom. The van der Waals surface area contributed by atoms with Crippen LogP contribution in [0.1, 0.15) is 50.7 Å². The fourth-order valence-corrected chi connectivity index (χ4v) is 8.48. The van der Waals surface area contributed by atoms with Gasteiger partial charge in [-0.1, -0.05) is 43.3 Å². The Morgan fingerprint density at radius 3 is 2.67 bits per heavy atom. The zero-order chi connectivity index (χ0) is 39.9. The van der Waals surface area contributed by atoms with Crippen molar-refractivity contribution in [2.24, 2.45) is 0 Å². The molecule has 300 valence electrons. The summed E-state index contributed by atoms with van der Waals surface area (Å²) in [5.41, 5.74) is -0.707. The number of aromatic nitrogens is 3. The van der Waals surface area contributed by atoms with E-state index in [4.69, 9.17) is 23.9 Å². The number of methoxy groups -OCH3 is 1. The molecule has 0 bridgehead atoms. The van der Waals surface area contributed by atoms with Crippen LogP contribution in [0.25, 0.3) is 32.9 Å².